The number of carbonyl (C=O) groups excluding carboxylic acids is 2. The average Bonchev–Trinajstić information content (AvgIpc) is 2.14. The molecule has 0 spiro atoms. The molecule has 0 heterocycles. The first-order valence-electron chi connectivity index (χ1n) is 3.64. The first kappa shape index (κ1) is 14.1. The summed E-state index contributed by atoms with van der Waals surface area (Å²) in [6, 6.07) is 0. The molecule has 0 aromatic heterocycles. The van der Waals surface area contributed by atoms with E-state index in [1.165, 1.54) is 0 Å². The van der Waals surface area contributed by atoms with Gasteiger partial charge >= 0.3 is 21.2 Å². The molecule has 0 rings (SSSR count). The summed E-state index contributed by atoms with van der Waals surface area (Å²) in [5.74, 6) is -1.66. The van der Waals surface area contributed by atoms with Crippen molar-refractivity contribution in [2.45, 2.75) is 0 Å². The second kappa shape index (κ2) is 5.89. The van der Waals surface area contributed by atoms with E-state index in [1.54, 1.807) is 0 Å². The molecule has 0 N–H and O–H groups in total. The van der Waals surface area contributed by atoms with Crippen LogP contribution < -0.4 is 0 Å². The molecule has 9 heteroatoms. The maximum atomic E-state index is 10.9. The van der Waals surface area contributed by atoms with E-state index >= 15 is 0 Å². The van der Waals surface area contributed by atoms with Crippen molar-refractivity contribution < 1.29 is 27.5 Å². The summed E-state index contributed by atoms with van der Waals surface area (Å²) >= 11 is 0. The highest BCUT2D eigenvalue weighted by atomic mass is 35.7. The predicted molar refractivity (Wildman–Crippen MR) is 50.4 cm³/mol. The van der Waals surface area contributed by atoms with Crippen molar-refractivity contribution in [2.75, 3.05) is 27.3 Å². The molecule has 0 aliphatic heterocycles. The van der Waals surface area contributed by atoms with Gasteiger partial charge in [-0.3, -0.25) is 9.59 Å². The zero-order valence-electron chi connectivity index (χ0n) is 8.10. The molecular weight excluding hydrogens is 250 g/mol. The summed E-state index contributed by atoms with van der Waals surface area (Å²) in [4.78, 5) is 21.6. The number of halogens is 1. The van der Waals surface area contributed by atoms with Crippen molar-refractivity contribution >= 4 is 31.9 Å². The second-order valence-corrected chi connectivity index (χ2v) is 4.87. The van der Waals surface area contributed by atoms with Gasteiger partial charge in [-0.1, -0.05) is 0 Å². The van der Waals surface area contributed by atoms with Gasteiger partial charge in [-0.25, -0.2) is 0 Å². The van der Waals surface area contributed by atoms with E-state index in [0.717, 1.165) is 14.2 Å². The fourth-order valence-electron chi connectivity index (χ4n) is 0.627. The Morgan fingerprint density at radius 2 is 1.47 bits per heavy atom. The van der Waals surface area contributed by atoms with Crippen LogP contribution in [-0.4, -0.2) is 52.0 Å². The Morgan fingerprint density at radius 3 is 1.67 bits per heavy atom. The molecule has 0 aromatic rings. The molecule has 7 nitrogen and oxygen atoms in total. The van der Waals surface area contributed by atoms with E-state index in [1.807, 2.05) is 0 Å². The molecule has 88 valence electrons. The summed E-state index contributed by atoms with van der Waals surface area (Å²) in [5, 5.41) is 0. The fraction of sp³-hybridized carbons (Fsp3) is 0.667. The standard InChI is InChI=1S/C6H10ClNO6S/c1-13-5(9)3-8(15(7,11)12)4-6(10)14-2/h3-4H2,1-2H3. The van der Waals surface area contributed by atoms with E-state index < -0.39 is 34.3 Å². The highest BCUT2D eigenvalue weighted by Gasteiger charge is 2.25. The van der Waals surface area contributed by atoms with Crippen LogP contribution in [0.3, 0.4) is 0 Å². The van der Waals surface area contributed by atoms with E-state index in [9.17, 15) is 18.0 Å². The third-order valence-corrected chi connectivity index (χ3v) is 2.84. The van der Waals surface area contributed by atoms with Gasteiger partial charge < -0.3 is 9.47 Å². The Hall–Kier alpha value is -0.860. The van der Waals surface area contributed by atoms with Crippen molar-refractivity contribution in [1.82, 2.24) is 4.31 Å². The topological polar surface area (TPSA) is 90.0 Å². The van der Waals surface area contributed by atoms with Crippen LogP contribution in [0.5, 0.6) is 0 Å². The third kappa shape index (κ3) is 5.55. The van der Waals surface area contributed by atoms with Gasteiger partial charge in [0.1, 0.15) is 13.1 Å². The van der Waals surface area contributed by atoms with Crippen molar-refractivity contribution in [2.24, 2.45) is 0 Å². The molecule has 0 saturated heterocycles. The lowest BCUT2D eigenvalue weighted by Crippen LogP contribution is -2.37. The van der Waals surface area contributed by atoms with Crippen molar-refractivity contribution in [1.29, 1.82) is 0 Å². The fourth-order valence-corrected chi connectivity index (χ4v) is 1.44. The van der Waals surface area contributed by atoms with Gasteiger partial charge in [0.25, 0.3) is 0 Å². The number of hydrogen-bond acceptors (Lipinski definition) is 6. The van der Waals surface area contributed by atoms with E-state index in [-0.39, 0.29) is 0 Å². The first-order chi connectivity index (χ1) is 6.81. The molecule has 0 bridgehead atoms. The van der Waals surface area contributed by atoms with Crippen LogP contribution in [0, 0.1) is 0 Å². The predicted octanol–water partition coefficient (Wildman–Crippen LogP) is -0.882. The SMILES string of the molecule is COC(=O)CN(CC(=O)OC)S(=O)(=O)Cl. The van der Waals surface area contributed by atoms with Gasteiger partial charge in [-0.15, -0.1) is 0 Å². The zero-order chi connectivity index (χ0) is 12.1. The molecule has 0 amide bonds. The molecule has 0 aromatic carbocycles. The highest BCUT2D eigenvalue weighted by Crippen LogP contribution is 2.06. The third-order valence-electron chi connectivity index (χ3n) is 1.37. The zero-order valence-corrected chi connectivity index (χ0v) is 9.67. The van der Waals surface area contributed by atoms with Gasteiger partial charge in [0.2, 0.25) is 0 Å². The monoisotopic (exact) mass is 259 g/mol. The minimum atomic E-state index is -4.17. The Balaban J connectivity index is 4.61. The van der Waals surface area contributed by atoms with Gasteiger partial charge in [0.05, 0.1) is 14.2 Å². The largest absolute Gasteiger partial charge is 0.468 e. The number of ether oxygens (including phenoxy) is 2. The molecule has 0 saturated carbocycles. The lowest BCUT2D eigenvalue weighted by atomic mass is 10.6. The van der Waals surface area contributed by atoms with Gasteiger partial charge in [0, 0.05) is 10.7 Å². The molecule has 15 heavy (non-hydrogen) atoms. The van der Waals surface area contributed by atoms with E-state index in [2.05, 4.69) is 9.47 Å². The lowest BCUT2D eigenvalue weighted by Gasteiger charge is -2.14. The summed E-state index contributed by atoms with van der Waals surface area (Å²) in [5.41, 5.74) is 0. The molecule has 0 atom stereocenters. The number of methoxy groups -OCH3 is 2. The van der Waals surface area contributed by atoms with Crippen molar-refractivity contribution in [3.05, 3.63) is 0 Å². The van der Waals surface area contributed by atoms with Crippen LogP contribution in [0.2, 0.25) is 0 Å². The second-order valence-electron chi connectivity index (χ2n) is 2.36. The minimum Gasteiger partial charge on any atom is -0.468 e. The summed E-state index contributed by atoms with van der Waals surface area (Å²) in [6.45, 7) is -1.28. The average molecular weight is 260 g/mol. The summed E-state index contributed by atoms with van der Waals surface area (Å²) in [7, 11) is 2.98. The number of carbonyl (C=O) groups is 2. The van der Waals surface area contributed by atoms with E-state index in [4.69, 9.17) is 10.7 Å². The quantitative estimate of drug-likeness (QED) is 0.470. The van der Waals surface area contributed by atoms with Crippen molar-refractivity contribution in [3.63, 3.8) is 0 Å². The van der Waals surface area contributed by atoms with Crippen LogP contribution in [0.25, 0.3) is 0 Å². The number of rotatable bonds is 5. The van der Waals surface area contributed by atoms with Crippen LogP contribution in [-0.2, 0) is 28.3 Å². The molecule has 0 fully saturated rings. The Labute approximate surface area is 91.4 Å². The van der Waals surface area contributed by atoms with Crippen LogP contribution in [0.1, 0.15) is 0 Å². The first-order valence-corrected chi connectivity index (χ1v) is 5.91. The molecule has 0 unspecified atom stereocenters. The van der Waals surface area contributed by atoms with Gasteiger partial charge in [-0.05, 0) is 0 Å². The molecular formula is C6H10ClNO6S. The van der Waals surface area contributed by atoms with Gasteiger partial charge in [-0.2, -0.15) is 12.7 Å². The smallest absolute Gasteiger partial charge is 0.321 e. The van der Waals surface area contributed by atoms with Gasteiger partial charge in [0.15, 0.2) is 0 Å². The number of nitrogens with zero attached hydrogens (tertiary/aromatic N) is 1. The Bertz CT molecular complexity index is 322. The molecule has 0 radical (unpaired) electrons. The summed E-state index contributed by atoms with van der Waals surface area (Å²) < 4.78 is 30.7. The maximum Gasteiger partial charge on any atom is 0.321 e. The minimum absolute atomic E-state index is 0.437. The Kier molecular flexibility index (Phi) is 5.55. The van der Waals surface area contributed by atoms with Crippen LogP contribution in [0.4, 0.5) is 0 Å². The Morgan fingerprint density at radius 1 is 1.13 bits per heavy atom. The van der Waals surface area contributed by atoms with E-state index in [0.29, 0.717) is 4.31 Å². The highest BCUT2D eigenvalue weighted by molar-refractivity contribution is 8.11. The van der Waals surface area contributed by atoms with Crippen LogP contribution in [0.15, 0.2) is 0 Å². The summed E-state index contributed by atoms with van der Waals surface area (Å²) in [6.07, 6.45) is 0. The molecule has 0 aliphatic rings. The van der Waals surface area contributed by atoms with Crippen molar-refractivity contribution in [3.8, 4) is 0 Å². The lowest BCUT2D eigenvalue weighted by molar-refractivity contribution is -0.143. The molecule has 0 aliphatic carbocycles. The maximum absolute atomic E-state index is 10.9. The van der Waals surface area contributed by atoms with Crippen LogP contribution >= 0.6 is 10.7 Å². The normalized spacial score (nSPS) is 11.2. The number of hydrogen-bond donors (Lipinski definition) is 0. The number of esters is 2.